The average Bonchev–Trinajstić information content (AvgIpc) is 3.21. The van der Waals surface area contributed by atoms with Crippen molar-refractivity contribution in [3.8, 4) is 0 Å². The average molecular weight is 827 g/mol. The van der Waals surface area contributed by atoms with Gasteiger partial charge in [-0.25, -0.2) is 14.4 Å². The van der Waals surface area contributed by atoms with Gasteiger partial charge in [-0.3, -0.25) is 4.79 Å². The SMILES string of the molecule is C=CC(=O)OCC(O)COCCOCC(COCCOCC(O)COC(=O)C=C)(COCCOCC(O)COC(=O)C=C)COCCOCC(O)COC(=O)CC. The van der Waals surface area contributed by atoms with Crippen molar-refractivity contribution in [2.24, 2.45) is 5.41 Å². The second-order valence-corrected chi connectivity index (χ2v) is 12.2. The smallest absolute Gasteiger partial charge is 0.330 e. The predicted molar refractivity (Wildman–Crippen MR) is 198 cm³/mol. The zero-order chi connectivity index (χ0) is 42.6. The Labute approximate surface area is 333 Å². The molecule has 0 heterocycles. The first kappa shape index (κ1) is 53.6. The highest BCUT2D eigenvalue weighted by molar-refractivity contribution is 5.81. The Kier molecular flexibility index (Phi) is 33.6. The summed E-state index contributed by atoms with van der Waals surface area (Å²) in [5.74, 6) is -2.47. The molecule has 0 aromatic rings. The van der Waals surface area contributed by atoms with Gasteiger partial charge in [0, 0.05) is 24.6 Å². The third-order valence-corrected chi connectivity index (χ3v) is 6.84. The van der Waals surface area contributed by atoms with Crippen molar-refractivity contribution in [3.05, 3.63) is 38.0 Å². The van der Waals surface area contributed by atoms with Crippen LogP contribution in [0.25, 0.3) is 0 Å². The van der Waals surface area contributed by atoms with Crippen LogP contribution in [-0.2, 0) is 76.0 Å². The molecule has 330 valence electrons. The van der Waals surface area contributed by atoms with Gasteiger partial charge >= 0.3 is 23.9 Å². The summed E-state index contributed by atoms with van der Waals surface area (Å²) >= 11 is 0. The summed E-state index contributed by atoms with van der Waals surface area (Å²) < 4.78 is 64.7. The fourth-order valence-electron chi connectivity index (χ4n) is 3.95. The highest BCUT2D eigenvalue weighted by Gasteiger charge is 2.33. The highest BCUT2D eigenvalue weighted by Crippen LogP contribution is 2.21. The molecule has 0 saturated heterocycles. The third-order valence-electron chi connectivity index (χ3n) is 6.84. The molecule has 20 nitrogen and oxygen atoms in total. The summed E-state index contributed by atoms with van der Waals surface area (Å²) in [6.07, 6.45) is -1.09. The topological polar surface area (TPSA) is 260 Å². The third kappa shape index (κ3) is 32.3. The van der Waals surface area contributed by atoms with Crippen LogP contribution < -0.4 is 0 Å². The molecule has 0 aliphatic carbocycles. The minimum absolute atomic E-state index is 0.0285. The molecule has 57 heavy (non-hydrogen) atoms. The largest absolute Gasteiger partial charge is 0.463 e. The summed E-state index contributed by atoms with van der Waals surface area (Å²) in [5, 5.41) is 39.9. The van der Waals surface area contributed by atoms with Gasteiger partial charge in [-0.2, -0.15) is 0 Å². The van der Waals surface area contributed by atoms with Gasteiger partial charge in [-0.05, 0) is 0 Å². The van der Waals surface area contributed by atoms with E-state index in [9.17, 15) is 39.6 Å². The maximum absolute atomic E-state index is 11.3. The summed E-state index contributed by atoms with van der Waals surface area (Å²) in [5.41, 5.74) is -0.941. The molecule has 20 heteroatoms. The Morgan fingerprint density at radius 1 is 0.439 bits per heavy atom. The molecule has 0 amide bonds. The van der Waals surface area contributed by atoms with Crippen LogP contribution in [0.3, 0.4) is 0 Å². The first-order chi connectivity index (χ1) is 27.4. The molecular weight excluding hydrogens is 764 g/mol. The van der Waals surface area contributed by atoms with Crippen molar-refractivity contribution in [1.82, 2.24) is 0 Å². The second-order valence-electron chi connectivity index (χ2n) is 12.2. The summed E-state index contributed by atoms with van der Waals surface area (Å²) in [7, 11) is 0. The van der Waals surface area contributed by atoms with Gasteiger partial charge in [0.1, 0.15) is 50.8 Å². The van der Waals surface area contributed by atoms with Gasteiger partial charge in [0.05, 0.1) is 111 Å². The number of esters is 4. The summed E-state index contributed by atoms with van der Waals surface area (Å²) in [4.78, 5) is 44.9. The molecule has 4 N–H and O–H groups in total. The molecule has 0 fully saturated rings. The maximum Gasteiger partial charge on any atom is 0.330 e. The number of aliphatic hydroxyl groups excluding tert-OH is 4. The molecule has 0 spiro atoms. The van der Waals surface area contributed by atoms with Gasteiger partial charge in [0.25, 0.3) is 0 Å². The minimum Gasteiger partial charge on any atom is -0.463 e. The van der Waals surface area contributed by atoms with Crippen LogP contribution in [0.1, 0.15) is 13.3 Å². The van der Waals surface area contributed by atoms with Crippen molar-refractivity contribution in [2.45, 2.75) is 37.8 Å². The first-order valence-electron chi connectivity index (χ1n) is 18.3. The normalized spacial score (nSPS) is 14.3. The Morgan fingerprint density at radius 2 is 0.684 bits per heavy atom. The summed E-state index contributed by atoms with van der Waals surface area (Å²) in [6, 6.07) is 0. The zero-order valence-electron chi connectivity index (χ0n) is 32.8. The van der Waals surface area contributed by atoms with Crippen molar-refractivity contribution >= 4 is 23.9 Å². The molecule has 0 aromatic heterocycles. The lowest BCUT2D eigenvalue weighted by Gasteiger charge is -2.33. The molecule has 0 aromatic carbocycles. The molecule has 4 atom stereocenters. The van der Waals surface area contributed by atoms with Crippen LogP contribution in [0.4, 0.5) is 0 Å². The lowest BCUT2D eigenvalue weighted by molar-refractivity contribution is -0.147. The highest BCUT2D eigenvalue weighted by atomic mass is 16.6. The van der Waals surface area contributed by atoms with E-state index in [1.807, 2.05) is 0 Å². The molecule has 0 aliphatic heterocycles. The van der Waals surface area contributed by atoms with Gasteiger partial charge in [0.2, 0.25) is 0 Å². The zero-order valence-corrected chi connectivity index (χ0v) is 32.8. The van der Waals surface area contributed by atoms with E-state index in [0.717, 1.165) is 18.2 Å². The van der Waals surface area contributed by atoms with E-state index in [-0.39, 0.29) is 139 Å². The first-order valence-corrected chi connectivity index (χ1v) is 18.3. The molecule has 0 radical (unpaired) electrons. The van der Waals surface area contributed by atoms with Gasteiger partial charge < -0.3 is 77.3 Å². The fraction of sp³-hybridized carbons (Fsp3) is 0.730. The number of hydrogen-bond acceptors (Lipinski definition) is 20. The number of rotatable bonds is 40. The van der Waals surface area contributed by atoms with E-state index in [1.54, 1.807) is 6.92 Å². The van der Waals surface area contributed by atoms with Crippen molar-refractivity contribution < 1.29 is 96.4 Å². The quantitative estimate of drug-likeness (QED) is 0.0242. The lowest BCUT2D eigenvalue weighted by Crippen LogP contribution is -2.43. The predicted octanol–water partition coefficient (Wildman–Crippen LogP) is -1.31. The number of carbonyl (C=O) groups excluding carboxylic acids is 4. The van der Waals surface area contributed by atoms with Crippen LogP contribution in [0.15, 0.2) is 38.0 Å². The van der Waals surface area contributed by atoms with Gasteiger partial charge in [-0.15, -0.1) is 0 Å². The number of aliphatic hydroxyl groups is 4. The van der Waals surface area contributed by atoms with Crippen LogP contribution in [0.5, 0.6) is 0 Å². The molecule has 0 aliphatic rings. The van der Waals surface area contributed by atoms with Crippen LogP contribution in [0.2, 0.25) is 0 Å². The monoisotopic (exact) mass is 826 g/mol. The number of ether oxygens (including phenoxy) is 12. The molecule has 0 rings (SSSR count). The van der Waals surface area contributed by atoms with E-state index in [0.29, 0.717) is 0 Å². The minimum atomic E-state index is -1.06. The van der Waals surface area contributed by atoms with Crippen molar-refractivity contribution in [1.29, 1.82) is 0 Å². The van der Waals surface area contributed by atoms with E-state index in [1.165, 1.54) is 0 Å². The van der Waals surface area contributed by atoms with Crippen LogP contribution >= 0.6 is 0 Å². The van der Waals surface area contributed by atoms with Crippen LogP contribution in [0, 0.1) is 5.41 Å². The van der Waals surface area contributed by atoms with Gasteiger partial charge in [0.15, 0.2) is 0 Å². The molecular formula is C37H62O20. The Balaban J connectivity index is 5.35. The standard InChI is InChI=1S/C37H62O20/c1-5-33(42)54-21-29(38)17-46-9-13-50-25-37(26-51-14-10-47-18-30(39)22-55-34(43)6-2,27-52-15-11-48-19-31(40)23-56-35(44)7-3)28-53-16-12-49-20-32(41)24-57-36(45)8-4/h5-7,29-32,38-41H,1-3,8-28H2,4H3. The fourth-order valence-corrected chi connectivity index (χ4v) is 3.95. The molecule has 0 bridgehead atoms. The van der Waals surface area contributed by atoms with Crippen molar-refractivity contribution in [3.63, 3.8) is 0 Å². The molecule has 4 unspecified atom stereocenters. The number of hydrogen-bond donors (Lipinski definition) is 4. The Bertz CT molecular complexity index is 1000. The Morgan fingerprint density at radius 3 is 0.930 bits per heavy atom. The van der Waals surface area contributed by atoms with E-state index in [2.05, 4.69) is 19.7 Å². The second kappa shape index (κ2) is 35.8. The maximum atomic E-state index is 11.3. The van der Waals surface area contributed by atoms with E-state index >= 15 is 0 Å². The molecule has 0 saturated carbocycles. The number of carbonyl (C=O) groups is 4. The van der Waals surface area contributed by atoms with Crippen molar-refractivity contribution in [2.75, 3.05) is 132 Å². The van der Waals surface area contributed by atoms with Gasteiger partial charge in [-0.1, -0.05) is 26.7 Å². The Hall–Kier alpha value is -3.38. The van der Waals surface area contributed by atoms with E-state index < -0.39 is 53.7 Å². The summed E-state index contributed by atoms with van der Waals surface area (Å²) in [6.45, 7) is 10.8. The lowest BCUT2D eigenvalue weighted by atomic mass is 9.92. The van der Waals surface area contributed by atoms with E-state index in [4.69, 9.17) is 56.8 Å². The van der Waals surface area contributed by atoms with Crippen LogP contribution in [-0.4, -0.2) is 201 Å².